The van der Waals surface area contributed by atoms with Crippen molar-refractivity contribution in [1.82, 2.24) is 0 Å². The molecule has 0 spiro atoms. The van der Waals surface area contributed by atoms with E-state index in [1.807, 2.05) is 6.92 Å². The summed E-state index contributed by atoms with van der Waals surface area (Å²) in [5, 5.41) is 0. The van der Waals surface area contributed by atoms with Crippen LogP contribution in [0.4, 0.5) is 0 Å². The number of hydrogen-bond acceptors (Lipinski definition) is 3. The molecule has 86 valence electrons. The lowest BCUT2D eigenvalue weighted by atomic mass is 9.90. The molecule has 0 saturated heterocycles. The molecule has 0 aliphatic carbocycles. The van der Waals surface area contributed by atoms with Crippen LogP contribution in [0.2, 0.25) is 0 Å². The highest BCUT2D eigenvalue weighted by Crippen LogP contribution is 2.28. The fourth-order valence-corrected chi connectivity index (χ4v) is 1.83. The Labute approximate surface area is 91.4 Å². The zero-order chi connectivity index (χ0) is 11.1. The van der Waals surface area contributed by atoms with Gasteiger partial charge in [-0.2, -0.15) is 0 Å². The molecule has 0 N–H and O–H groups in total. The van der Waals surface area contributed by atoms with Crippen molar-refractivity contribution in [1.29, 1.82) is 0 Å². The summed E-state index contributed by atoms with van der Waals surface area (Å²) in [6.45, 7) is 4.75. The maximum atomic E-state index is 10.8. The molecular weight excluding hydrogens is 192 g/mol. The summed E-state index contributed by atoms with van der Waals surface area (Å²) in [5.74, 6) is 0.313. The van der Waals surface area contributed by atoms with Gasteiger partial charge in [-0.3, -0.25) is 4.79 Å². The van der Waals surface area contributed by atoms with Gasteiger partial charge in [0.05, 0.1) is 6.26 Å². The molecule has 1 aliphatic heterocycles. The highest BCUT2D eigenvalue weighted by atomic mass is 16.7. The molecule has 1 rings (SSSR count). The minimum Gasteiger partial charge on any atom is -0.472 e. The number of carbonyl (C=O) groups excluding carboxylic acids is 1. The van der Waals surface area contributed by atoms with Crippen LogP contribution in [0.15, 0.2) is 11.8 Å². The Morgan fingerprint density at radius 1 is 1.60 bits per heavy atom. The van der Waals surface area contributed by atoms with Crippen molar-refractivity contribution in [2.45, 2.75) is 45.8 Å². The third-order valence-electron chi connectivity index (χ3n) is 2.70. The quantitative estimate of drug-likeness (QED) is 0.635. The molecule has 0 aromatic carbocycles. The van der Waals surface area contributed by atoms with E-state index in [0.717, 1.165) is 37.5 Å². The van der Waals surface area contributed by atoms with Crippen molar-refractivity contribution < 1.29 is 14.3 Å². The normalized spacial score (nSPS) is 25.6. The molecule has 0 fully saturated rings. The molecule has 0 amide bonds. The molecule has 0 saturated carbocycles. The van der Waals surface area contributed by atoms with Gasteiger partial charge in [-0.1, -0.05) is 19.8 Å². The summed E-state index contributed by atoms with van der Waals surface area (Å²) < 4.78 is 10.7. The molecule has 15 heavy (non-hydrogen) atoms. The van der Waals surface area contributed by atoms with Crippen LogP contribution in [0.3, 0.4) is 0 Å². The van der Waals surface area contributed by atoms with E-state index in [0.29, 0.717) is 12.5 Å². The van der Waals surface area contributed by atoms with Gasteiger partial charge in [0.25, 0.3) is 0 Å². The van der Waals surface area contributed by atoms with Crippen LogP contribution in [-0.2, 0) is 14.3 Å². The number of carbonyl (C=O) groups is 1. The predicted octanol–water partition coefficient (Wildman–Crippen LogP) is 2.66. The molecular formula is C12H20O3. The summed E-state index contributed by atoms with van der Waals surface area (Å²) in [7, 11) is 0. The van der Waals surface area contributed by atoms with Crippen LogP contribution in [0.1, 0.15) is 39.5 Å². The first kappa shape index (κ1) is 12.2. The van der Waals surface area contributed by atoms with Gasteiger partial charge in [-0.05, 0) is 19.3 Å². The van der Waals surface area contributed by atoms with E-state index in [-0.39, 0.29) is 6.29 Å². The number of rotatable bonds is 6. The van der Waals surface area contributed by atoms with E-state index in [1.165, 1.54) is 0 Å². The molecule has 3 heteroatoms. The molecule has 3 nitrogen and oxygen atoms in total. The lowest BCUT2D eigenvalue weighted by Gasteiger charge is -2.27. The van der Waals surface area contributed by atoms with Gasteiger partial charge < -0.3 is 9.47 Å². The van der Waals surface area contributed by atoms with Crippen molar-refractivity contribution >= 4 is 6.29 Å². The van der Waals surface area contributed by atoms with Crippen LogP contribution < -0.4 is 0 Å². The maximum Gasteiger partial charge on any atom is 0.199 e. The second-order valence-electron chi connectivity index (χ2n) is 3.83. The summed E-state index contributed by atoms with van der Waals surface area (Å²) in [4.78, 5) is 10.8. The van der Waals surface area contributed by atoms with Gasteiger partial charge in [-0.25, -0.2) is 0 Å². The first-order valence-electron chi connectivity index (χ1n) is 5.74. The van der Waals surface area contributed by atoms with E-state index in [2.05, 4.69) is 6.92 Å². The Morgan fingerprint density at radius 2 is 2.40 bits per heavy atom. The van der Waals surface area contributed by atoms with Crippen molar-refractivity contribution in [2.24, 2.45) is 5.92 Å². The second-order valence-corrected chi connectivity index (χ2v) is 3.83. The largest absolute Gasteiger partial charge is 0.472 e. The van der Waals surface area contributed by atoms with Gasteiger partial charge in [0, 0.05) is 18.6 Å². The van der Waals surface area contributed by atoms with Crippen LogP contribution in [0, 0.1) is 5.92 Å². The highest BCUT2D eigenvalue weighted by Gasteiger charge is 2.24. The zero-order valence-electron chi connectivity index (χ0n) is 9.57. The predicted molar refractivity (Wildman–Crippen MR) is 58.3 cm³/mol. The Morgan fingerprint density at radius 3 is 3.00 bits per heavy atom. The number of aldehydes is 1. The number of ether oxygens (including phenoxy) is 2. The maximum absolute atomic E-state index is 10.8. The third-order valence-corrected chi connectivity index (χ3v) is 2.70. The van der Waals surface area contributed by atoms with Crippen LogP contribution in [0.5, 0.6) is 0 Å². The van der Waals surface area contributed by atoms with Gasteiger partial charge in [0.1, 0.15) is 6.29 Å². The highest BCUT2D eigenvalue weighted by molar-refractivity contribution is 5.73. The Bertz CT molecular complexity index is 223. The van der Waals surface area contributed by atoms with E-state index in [4.69, 9.17) is 9.47 Å². The average molecular weight is 212 g/mol. The van der Waals surface area contributed by atoms with Crippen molar-refractivity contribution in [3.05, 3.63) is 11.8 Å². The smallest absolute Gasteiger partial charge is 0.199 e. The molecule has 1 aliphatic rings. The van der Waals surface area contributed by atoms with Crippen LogP contribution >= 0.6 is 0 Å². The lowest BCUT2D eigenvalue weighted by Crippen LogP contribution is -2.25. The Balaban J connectivity index is 2.52. The Kier molecular flexibility index (Phi) is 5.40. The van der Waals surface area contributed by atoms with Crippen LogP contribution in [-0.4, -0.2) is 19.2 Å². The lowest BCUT2D eigenvalue weighted by molar-refractivity contribution is -0.125. The first-order chi connectivity index (χ1) is 7.31. The zero-order valence-corrected chi connectivity index (χ0v) is 9.57. The van der Waals surface area contributed by atoms with Crippen LogP contribution in [0.25, 0.3) is 0 Å². The molecule has 0 aromatic rings. The average Bonchev–Trinajstić information content (AvgIpc) is 2.27. The number of allylic oxidation sites excluding steroid dienone is 1. The van der Waals surface area contributed by atoms with E-state index in [1.54, 1.807) is 6.26 Å². The van der Waals surface area contributed by atoms with E-state index < -0.39 is 0 Å². The molecule has 2 atom stereocenters. The minimum atomic E-state index is -0.166. The molecule has 0 aromatic heterocycles. The standard InChI is InChI=1S/C12H20O3/c1-3-5-6-10-7-12(14-4-2)15-9-11(10)8-13/h8-10,12H,3-7H2,1-2H3. The van der Waals surface area contributed by atoms with Crippen molar-refractivity contribution in [2.75, 3.05) is 6.61 Å². The van der Waals surface area contributed by atoms with Crippen molar-refractivity contribution in [3.8, 4) is 0 Å². The molecule has 1 heterocycles. The van der Waals surface area contributed by atoms with Gasteiger partial charge in [0.15, 0.2) is 6.29 Å². The SMILES string of the molecule is CCCCC1CC(OCC)OC=C1C=O. The summed E-state index contributed by atoms with van der Waals surface area (Å²) >= 11 is 0. The molecule has 2 unspecified atom stereocenters. The minimum absolute atomic E-state index is 0.166. The monoisotopic (exact) mass is 212 g/mol. The van der Waals surface area contributed by atoms with E-state index >= 15 is 0 Å². The third kappa shape index (κ3) is 3.67. The summed E-state index contributed by atoms with van der Waals surface area (Å²) in [6, 6.07) is 0. The van der Waals surface area contributed by atoms with E-state index in [9.17, 15) is 4.79 Å². The topological polar surface area (TPSA) is 35.5 Å². The number of hydrogen-bond donors (Lipinski definition) is 0. The fraction of sp³-hybridized carbons (Fsp3) is 0.750. The van der Waals surface area contributed by atoms with Gasteiger partial charge >= 0.3 is 0 Å². The van der Waals surface area contributed by atoms with Crippen molar-refractivity contribution in [3.63, 3.8) is 0 Å². The molecule has 0 radical (unpaired) electrons. The number of unbranched alkanes of at least 4 members (excludes halogenated alkanes) is 1. The fourth-order valence-electron chi connectivity index (χ4n) is 1.83. The summed E-state index contributed by atoms with van der Waals surface area (Å²) in [6.07, 6.45) is 6.46. The Hall–Kier alpha value is -0.830. The van der Waals surface area contributed by atoms with Gasteiger partial charge in [-0.15, -0.1) is 0 Å². The molecule has 0 bridgehead atoms. The second kappa shape index (κ2) is 6.62. The first-order valence-corrected chi connectivity index (χ1v) is 5.74. The summed E-state index contributed by atoms with van der Waals surface area (Å²) in [5.41, 5.74) is 0.777. The van der Waals surface area contributed by atoms with Gasteiger partial charge in [0.2, 0.25) is 0 Å².